The third-order valence-corrected chi connectivity index (χ3v) is 9.13. The van der Waals surface area contributed by atoms with Crippen molar-refractivity contribution in [2.45, 2.75) is 174 Å². The van der Waals surface area contributed by atoms with E-state index >= 15 is 0 Å². The first-order valence-electron chi connectivity index (χ1n) is 20.1. The molecule has 0 bridgehead atoms. The second kappa shape index (κ2) is 32.2. The molecule has 52 heavy (non-hydrogen) atoms. The molecule has 0 aromatic carbocycles. The summed E-state index contributed by atoms with van der Waals surface area (Å²) in [6, 6.07) is 0. The second-order valence-electron chi connectivity index (χ2n) is 14.1. The van der Waals surface area contributed by atoms with Crippen LogP contribution < -0.4 is 0 Å². The molecule has 9 nitrogen and oxygen atoms in total. The van der Waals surface area contributed by atoms with E-state index in [0.717, 1.165) is 63.7 Å². The van der Waals surface area contributed by atoms with E-state index in [0.29, 0.717) is 25.0 Å². The van der Waals surface area contributed by atoms with Gasteiger partial charge in [-0.2, -0.15) is 0 Å². The van der Waals surface area contributed by atoms with Gasteiger partial charge in [0.1, 0.15) is 6.61 Å². The van der Waals surface area contributed by atoms with Crippen LogP contribution in [0.4, 0.5) is 0 Å². The summed E-state index contributed by atoms with van der Waals surface area (Å²) in [6.07, 6.45) is 41.4. The molecule has 0 radical (unpaired) electrons. The largest absolute Gasteiger partial charge is 0.469 e. The van der Waals surface area contributed by atoms with Gasteiger partial charge in [0, 0.05) is 12.8 Å². The van der Waals surface area contributed by atoms with Crippen LogP contribution in [0.2, 0.25) is 0 Å². The molecule has 1 fully saturated rings. The molecule has 3 atom stereocenters. The van der Waals surface area contributed by atoms with Crippen molar-refractivity contribution >= 4 is 19.8 Å². The molecule has 1 aliphatic heterocycles. The number of carbonyl (C=O) groups is 2. The van der Waals surface area contributed by atoms with Gasteiger partial charge in [0.15, 0.2) is 6.10 Å². The third kappa shape index (κ3) is 32.4. The van der Waals surface area contributed by atoms with E-state index in [-0.39, 0.29) is 19.4 Å². The van der Waals surface area contributed by atoms with Crippen LogP contribution in [-0.4, -0.2) is 53.3 Å². The molecule has 0 amide bonds. The lowest BCUT2D eigenvalue weighted by molar-refractivity contribution is -0.161. The number of phosphoric ester groups is 1. The topological polar surface area (TPSA) is 132 Å². The van der Waals surface area contributed by atoms with Gasteiger partial charge >= 0.3 is 19.8 Å². The summed E-state index contributed by atoms with van der Waals surface area (Å²) in [5.41, 5.74) is 0. The highest BCUT2D eigenvalue weighted by molar-refractivity contribution is 7.46. The quantitative estimate of drug-likeness (QED) is 0.0217. The van der Waals surface area contributed by atoms with E-state index in [1.807, 2.05) is 12.2 Å². The molecule has 10 heteroatoms. The van der Waals surface area contributed by atoms with E-state index in [1.165, 1.54) is 51.4 Å². The minimum atomic E-state index is -4.78. The molecule has 1 saturated heterocycles. The Morgan fingerprint density at radius 1 is 0.654 bits per heavy atom. The number of ether oxygens (including phenoxy) is 3. The van der Waals surface area contributed by atoms with Crippen molar-refractivity contribution < 1.29 is 42.7 Å². The first-order valence-corrected chi connectivity index (χ1v) is 21.6. The van der Waals surface area contributed by atoms with Crippen molar-refractivity contribution in [2.75, 3.05) is 13.2 Å². The van der Waals surface area contributed by atoms with Gasteiger partial charge in [0.05, 0.1) is 18.8 Å². The number of hydrogen-bond acceptors (Lipinski definition) is 7. The number of hydrogen-bond donors (Lipinski definition) is 2. The van der Waals surface area contributed by atoms with E-state index in [2.05, 4.69) is 73.9 Å². The van der Waals surface area contributed by atoms with Crippen molar-refractivity contribution in [3.63, 3.8) is 0 Å². The Hall–Kier alpha value is -2.29. The number of carbonyl (C=O) groups excluding carboxylic acids is 2. The molecule has 0 aliphatic carbocycles. The lowest BCUT2D eigenvalue weighted by Gasteiger charge is -2.18. The molecule has 0 aromatic heterocycles. The van der Waals surface area contributed by atoms with Crippen LogP contribution in [0.5, 0.6) is 0 Å². The lowest BCUT2D eigenvalue weighted by atomic mass is 10.0. The van der Waals surface area contributed by atoms with Crippen LogP contribution in [0.3, 0.4) is 0 Å². The maximum absolute atomic E-state index is 12.4. The van der Waals surface area contributed by atoms with Gasteiger partial charge in [-0.05, 0) is 57.3 Å². The van der Waals surface area contributed by atoms with E-state index in [9.17, 15) is 14.2 Å². The fraction of sp³-hybridized carbons (Fsp3) is 0.714. The maximum atomic E-state index is 12.4. The molecule has 2 N–H and O–H groups in total. The van der Waals surface area contributed by atoms with Gasteiger partial charge < -0.3 is 24.0 Å². The van der Waals surface area contributed by atoms with E-state index in [4.69, 9.17) is 24.0 Å². The van der Waals surface area contributed by atoms with Gasteiger partial charge in [-0.15, -0.1) is 0 Å². The average Bonchev–Trinajstić information content (AvgIpc) is 3.85. The van der Waals surface area contributed by atoms with Crippen molar-refractivity contribution in [3.05, 3.63) is 60.8 Å². The summed E-state index contributed by atoms with van der Waals surface area (Å²) in [5.74, 6) is -0.185. The smallest absolute Gasteiger partial charge is 0.462 e. The molecule has 2 unspecified atom stereocenters. The molecule has 0 saturated carbocycles. The molecule has 1 aliphatic rings. The average molecular weight is 751 g/mol. The summed E-state index contributed by atoms with van der Waals surface area (Å²) in [7, 11) is -4.78. The predicted molar refractivity (Wildman–Crippen MR) is 211 cm³/mol. The summed E-state index contributed by atoms with van der Waals surface area (Å²) < 4.78 is 31.9. The monoisotopic (exact) mass is 750 g/mol. The number of esters is 2. The Morgan fingerprint density at radius 2 is 1.15 bits per heavy atom. The Bertz CT molecular complexity index is 1100. The first kappa shape index (κ1) is 47.7. The number of unbranched alkanes of at least 4 members (excludes halogenated alkanes) is 10. The Balaban J connectivity index is 2.13. The molecule has 0 aromatic rings. The fourth-order valence-corrected chi connectivity index (χ4v) is 5.93. The highest BCUT2D eigenvalue weighted by atomic mass is 31.2. The number of phosphoric acid groups is 1. The number of epoxide rings is 1. The number of allylic oxidation sites excluding steroid dienone is 8. The molecule has 1 rings (SSSR count). The summed E-state index contributed by atoms with van der Waals surface area (Å²) in [4.78, 5) is 42.8. The van der Waals surface area contributed by atoms with Crippen LogP contribution in [0.1, 0.15) is 156 Å². The van der Waals surface area contributed by atoms with Gasteiger partial charge in [-0.1, -0.05) is 152 Å². The van der Waals surface area contributed by atoms with Crippen LogP contribution in [-0.2, 0) is 32.9 Å². The highest BCUT2D eigenvalue weighted by Gasteiger charge is 2.35. The minimum Gasteiger partial charge on any atom is -0.462 e. The van der Waals surface area contributed by atoms with Crippen LogP contribution in [0.15, 0.2) is 60.8 Å². The van der Waals surface area contributed by atoms with Crippen molar-refractivity contribution in [2.24, 2.45) is 5.92 Å². The van der Waals surface area contributed by atoms with Crippen molar-refractivity contribution in [1.82, 2.24) is 0 Å². The second-order valence-corrected chi connectivity index (χ2v) is 15.3. The van der Waals surface area contributed by atoms with Gasteiger partial charge in [0.25, 0.3) is 0 Å². The lowest BCUT2D eigenvalue weighted by Crippen LogP contribution is -2.29. The van der Waals surface area contributed by atoms with Crippen LogP contribution in [0.25, 0.3) is 0 Å². The zero-order valence-corrected chi connectivity index (χ0v) is 33.4. The van der Waals surface area contributed by atoms with E-state index < -0.39 is 32.5 Å². The zero-order valence-electron chi connectivity index (χ0n) is 32.5. The van der Waals surface area contributed by atoms with Gasteiger partial charge in [-0.3, -0.25) is 14.1 Å². The highest BCUT2D eigenvalue weighted by Crippen LogP contribution is 2.36. The van der Waals surface area contributed by atoms with Crippen molar-refractivity contribution in [1.29, 1.82) is 0 Å². The number of rotatable bonds is 34. The van der Waals surface area contributed by atoms with Crippen LogP contribution in [0, 0.1) is 5.92 Å². The first-order chi connectivity index (χ1) is 25.1. The molecule has 0 spiro atoms. The standard InChI is InChI=1S/C42H71O9P/c1-4-5-25-31-39-40(51-39)32-27-22-18-14-10-6-7-11-16-20-24-29-34-42(44)50-38(36-49-52(45,46)47)35-48-41(43)33-28-23-19-15-12-8-9-13-17-21-26-30-37(2)3/h5,7,10-11,14,20,22,24-25,27,37-40H,4,6,8-9,12-13,15-19,21,23,26,28-36H2,1-3H3,(H2,45,46,47)/b11-7-,14-10-,24-20-,25-5-,27-22-/t38-,39?,40?/m1/s1. The normalized spacial score (nSPS) is 17.1. The Morgan fingerprint density at radius 3 is 1.69 bits per heavy atom. The molecule has 1 heterocycles. The Kier molecular flexibility index (Phi) is 29.5. The van der Waals surface area contributed by atoms with Gasteiger partial charge in [0.2, 0.25) is 0 Å². The van der Waals surface area contributed by atoms with E-state index in [1.54, 1.807) is 0 Å². The SMILES string of the molecule is CC/C=C\CC1OC1C/C=C\C/C=C\C/C=C\C/C=C\CCC(=O)O[C@H](COC(=O)CCCCCCCCCCCCCC(C)C)COP(=O)(O)O. The van der Waals surface area contributed by atoms with Crippen molar-refractivity contribution in [3.8, 4) is 0 Å². The third-order valence-electron chi connectivity index (χ3n) is 8.64. The van der Waals surface area contributed by atoms with Gasteiger partial charge in [-0.25, -0.2) is 4.57 Å². The fourth-order valence-electron chi connectivity index (χ4n) is 5.57. The minimum absolute atomic E-state index is 0.0819. The summed E-state index contributed by atoms with van der Waals surface area (Å²) >= 11 is 0. The summed E-state index contributed by atoms with van der Waals surface area (Å²) in [6.45, 7) is 5.81. The Labute approximate surface area is 315 Å². The molecular weight excluding hydrogens is 679 g/mol. The molecular formula is C42H71O9P. The maximum Gasteiger partial charge on any atom is 0.469 e. The van der Waals surface area contributed by atoms with Crippen LogP contribution >= 0.6 is 7.82 Å². The predicted octanol–water partition coefficient (Wildman–Crippen LogP) is 11.0. The zero-order chi connectivity index (χ0) is 38.1. The molecule has 298 valence electrons. The summed E-state index contributed by atoms with van der Waals surface area (Å²) in [5, 5.41) is 0.